The van der Waals surface area contributed by atoms with E-state index in [0.717, 1.165) is 86.6 Å². The SMILES string of the molecule is CC(=O)N1CCN(C(C=C(C)C)CC(C)(C)c2ccc(C(F)(F)F)cc2)CC1.CC(C)=CC(CC(C)(C)c1ccc(C(F)(F)F)cc1)N1CCC(C(F)(F)F)CC1.CC(C)=CC(CC(C)(C)c1ccc(C(F)(F)F)cc1)N1CCOCC1. The van der Waals surface area contributed by atoms with Crippen molar-refractivity contribution in [1.82, 2.24) is 19.6 Å². The van der Waals surface area contributed by atoms with Crippen molar-refractivity contribution in [3.05, 3.63) is 141 Å². The average Bonchev–Trinajstić information content (AvgIpc) is 3.47. The first-order valence-corrected chi connectivity index (χ1v) is 28.3. The molecule has 6 rings (SSSR count). The molecule has 0 N–H and O–H groups in total. The lowest BCUT2D eigenvalue weighted by Gasteiger charge is -2.41. The van der Waals surface area contributed by atoms with Crippen molar-refractivity contribution in [2.75, 3.05) is 65.6 Å². The molecule has 6 nitrogen and oxygen atoms in total. The number of carbonyl (C=O) groups excluding carboxylic acids is 1. The van der Waals surface area contributed by atoms with Gasteiger partial charge in [0.25, 0.3) is 0 Å². The fourth-order valence-corrected chi connectivity index (χ4v) is 11.1. The molecule has 460 valence electrons. The standard InChI is InChI=1S/C22H29F6N.C22H31F3N2O.C20H28F3NO/c1-15(2)13-19(29-11-9-18(10-12-29)22(26,27)28)14-20(3,4)16-5-7-17(8-6-16)21(23,24)25;1-16(2)14-20(27-12-10-26(11-13-27)17(3)28)15-21(4,5)18-6-8-19(9-7-18)22(23,24)25;1-15(2)13-18(24-9-11-25-12-10-24)14-19(3,4)16-5-7-17(8-6-16)20(21,22)23/h5-8,13,18-19H,9-12,14H2,1-4H3;6-9,14,20H,10-13,15H2,1-5H3;5-8,13,18H,9-12,14H2,1-4H3. The summed E-state index contributed by atoms with van der Waals surface area (Å²) in [5, 5.41) is 0. The Morgan fingerprint density at radius 2 is 0.683 bits per heavy atom. The zero-order chi connectivity index (χ0) is 61.8. The van der Waals surface area contributed by atoms with Crippen LogP contribution in [0.15, 0.2) is 108 Å². The van der Waals surface area contributed by atoms with E-state index in [-0.39, 0.29) is 47.7 Å². The molecule has 3 saturated heterocycles. The third-order valence-electron chi connectivity index (χ3n) is 15.9. The van der Waals surface area contributed by atoms with E-state index < -0.39 is 52.7 Å². The van der Waals surface area contributed by atoms with Crippen LogP contribution in [0.1, 0.15) is 155 Å². The molecule has 3 unspecified atom stereocenters. The largest absolute Gasteiger partial charge is 0.416 e. The third-order valence-corrected chi connectivity index (χ3v) is 15.9. The molecule has 0 spiro atoms. The molecule has 0 aromatic heterocycles. The zero-order valence-corrected chi connectivity index (χ0v) is 50.2. The topological polar surface area (TPSA) is 39.3 Å². The predicted molar refractivity (Wildman–Crippen MR) is 303 cm³/mol. The van der Waals surface area contributed by atoms with Crippen LogP contribution in [-0.4, -0.2) is 115 Å². The zero-order valence-electron chi connectivity index (χ0n) is 50.2. The van der Waals surface area contributed by atoms with Crippen molar-refractivity contribution in [3.8, 4) is 0 Å². The highest BCUT2D eigenvalue weighted by Crippen LogP contribution is 2.40. The van der Waals surface area contributed by atoms with Crippen LogP contribution in [0.4, 0.5) is 52.7 Å². The van der Waals surface area contributed by atoms with E-state index in [9.17, 15) is 57.5 Å². The highest BCUT2D eigenvalue weighted by atomic mass is 19.4. The van der Waals surface area contributed by atoms with Gasteiger partial charge in [-0.15, -0.1) is 0 Å². The summed E-state index contributed by atoms with van der Waals surface area (Å²) in [6, 6.07) is 16.6. The van der Waals surface area contributed by atoms with Crippen LogP contribution in [0.5, 0.6) is 0 Å². The molecule has 3 aliphatic heterocycles. The maximum atomic E-state index is 13.0. The molecule has 0 bridgehead atoms. The quantitative estimate of drug-likeness (QED) is 0.112. The van der Waals surface area contributed by atoms with Crippen LogP contribution in [0.2, 0.25) is 0 Å². The maximum absolute atomic E-state index is 13.0. The molecule has 0 aliphatic carbocycles. The number of morpholine rings is 1. The normalized spacial score (nSPS) is 18.0. The molecular weight excluding hydrogens is 1080 g/mol. The molecule has 3 aromatic carbocycles. The number of amides is 1. The number of nitrogens with zero attached hydrogens (tertiary/aromatic N) is 4. The van der Waals surface area contributed by atoms with Gasteiger partial charge in [-0.3, -0.25) is 19.5 Å². The van der Waals surface area contributed by atoms with Gasteiger partial charge in [0, 0.05) is 64.3 Å². The molecule has 0 saturated carbocycles. The highest BCUT2D eigenvalue weighted by molar-refractivity contribution is 5.73. The number of rotatable bonds is 15. The summed E-state index contributed by atoms with van der Waals surface area (Å²) in [4.78, 5) is 20.3. The van der Waals surface area contributed by atoms with Gasteiger partial charge in [0.05, 0.1) is 35.8 Å². The minimum Gasteiger partial charge on any atom is -0.379 e. The first-order chi connectivity index (χ1) is 37.7. The van der Waals surface area contributed by atoms with Crippen LogP contribution in [0.25, 0.3) is 0 Å². The van der Waals surface area contributed by atoms with E-state index in [2.05, 4.69) is 88.3 Å². The lowest BCUT2D eigenvalue weighted by Crippen LogP contribution is -2.52. The smallest absolute Gasteiger partial charge is 0.379 e. The Labute approximate surface area is 480 Å². The molecule has 18 heteroatoms. The summed E-state index contributed by atoms with van der Waals surface area (Å²) in [7, 11) is 0. The molecule has 3 atom stereocenters. The van der Waals surface area contributed by atoms with Crippen molar-refractivity contribution in [1.29, 1.82) is 0 Å². The molecule has 0 radical (unpaired) electrons. The number of halogens is 12. The molecule has 3 fully saturated rings. The van der Waals surface area contributed by atoms with Crippen molar-refractivity contribution >= 4 is 5.91 Å². The first kappa shape index (κ1) is 69.8. The lowest BCUT2D eigenvalue weighted by molar-refractivity contribution is -0.185. The van der Waals surface area contributed by atoms with Gasteiger partial charge < -0.3 is 9.64 Å². The fourth-order valence-electron chi connectivity index (χ4n) is 11.1. The molecule has 82 heavy (non-hydrogen) atoms. The van der Waals surface area contributed by atoms with Gasteiger partial charge >= 0.3 is 24.7 Å². The number of ether oxygens (including phenoxy) is 1. The fraction of sp³-hybridized carbons (Fsp3) is 0.609. The number of carbonyl (C=O) groups is 1. The molecule has 3 heterocycles. The minimum atomic E-state index is -4.38. The Bertz CT molecular complexity index is 2530. The molecular formula is C64H88F12N4O2. The van der Waals surface area contributed by atoms with Crippen LogP contribution in [0, 0.1) is 5.92 Å². The maximum Gasteiger partial charge on any atom is 0.416 e. The third kappa shape index (κ3) is 21.8. The minimum absolute atomic E-state index is 0.0634. The summed E-state index contributed by atoms with van der Waals surface area (Å²) in [5.41, 5.74) is 3.30. The summed E-state index contributed by atoms with van der Waals surface area (Å²) >= 11 is 0. The van der Waals surface area contributed by atoms with Gasteiger partial charge in [-0.25, -0.2) is 0 Å². The number of likely N-dealkylation sites (tertiary alicyclic amines) is 1. The number of benzene rings is 3. The molecule has 3 aromatic rings. The number of hydrogen-bond donors (Lipinski definition) is 0. The van der Waals surface area contributed by atoms with Gasteiger partial charge in [0.1, 0.15) is 0 Å². The van der Waals surface area contributed by atoms with Crippen molar-refractivity contribution in [2.24, 2.45) is 5.92 Å². The van der Waals surface area contributed by atoms with Gasteiger partial charge in [-0.2, -0.15) is 52.7 Å². The second kappa shape index (κ2) is 29.0. The van der Waals surface area contributed by atoms with E-state index in [0.29, 0.717) is 32.6 Å². The van der Waals surface area contributed by atoms with Crippen LogP contribution in [-0.2, 0) is 44.3 Å². The van der Waals surface area contributed by atoms with E-state index in [1.165, 1.54) is 47.5 Å². The first-order valence-electron chi connectivity index (χ1n) is 28.3. The van der Waals surface area contributed by atoms with Crippen LogP contribution >= 0.6 is 0 Å². The second-order valence-corrected chi connectivity index (χ2v) is 25.0. The van der Waals surface area contributed by atoms with Crippen molar-refractivity contribution < 1.29 is 62.2 Å². The van der Waals surface area contributed by atoms with E-state index in [1.807, 2.05) is 32.6 Å². The van der Waals surface area contributed by atoms with Crippen molar-refractivity contribution in [3.63, 3.8) is 0 Å². The van der Waals surface area contributed by atoms with Crippen molar-refractivity contribution in [2.45, 2.75) is 181 Å². The lowest BCUT2D eigenvalue weighted by atomic mass is 9.77. The number of piperazine rings is 1. The highest BCUT2D eigenvalue weighted by Gasteiger charge is 2.43. The number of hydrogen-bond acceptors (Lipinski definition) is 5. The van der Waals surface area contributed by atoms with Crippen LogP contribution < -0.4 is 0 Å². The molecule has 1 amide bonds. The van der Waals surface area contributed by atoms with E-state index >= 15 is 0 Å². The Morgan fingerprint density at radius 1 is 0.427 bits per heavy atom. The van der Waals surface area contributed by atoms with Gasteiger partial charge in [0.2, 0.25) is 5.91 Å². The van der Waals surface area contributed by atoms with Gasteiger partial charge in [-0.05, 0) is 156 Å². The van der Waals surface area contributed by atoms with Gasteiger partial charge in [0.15, 0.2) is 0 Å². The summed E-state index contributed by atoms with van der Waals surface area (Å²) in [6.07, 6.45) is -8.17. The molecule has 3 aliphatic rings. The van der Waals surface area contributed by atoms with Crippen LogP contribution in [0.3, 0.4) is 0 Å². The monoisotopic (exact) mass is 1170 g/mol. The summed E-state index contributed by atoms with van der Waals surface area (Å²) < 4.78 is 160. The van der Waals surface area contributed by atoms with E-state index in [1.54, 1.807) is 31.2 Å². The Kier molecular flexibility index (Phi) is 24.7. The summed E-state index contributed by atoms with van der Waals surface area (Å²) in [6.45, 7) is 33.0. The number of piperidine rings is 1. The summed E-state index contributed by atoms with van der Waals surface area (Å²) in [5.74, 6) is -1.16. The Morgan fingerprint density at radius 3 is 0.927 bits per heavy atom. The Balaban J connectivity index is 0.000000265. The average molecular weight is 1170 g/mol. The second-order valence-electron chi connectivity index (χ2n) is 25.0. The number of allylic oxidation sites excluding steroid dienone is 3. The van der Waals surface area contributed by atoms with E-state index in [4.69, 9.17) is 4.74 Å². The number of alkyl halides is 12. The Hall–Kier alpha value is -4.65. The predicted octanol–water partition coefficient (Wildman–Crippen LogP) is 16.9. The van der Waals surface area contributed by atoms with Gasteiger partial charge in [-0.1, -0.05) is 113 Å².